The van der Waals surface area contributed by atoms with E-state index in [1.807, 2.05) is 20.0 Å². The van der Waals surface area contributed by atoms with Gasteiger partial charge in [-0.1, -0.05) is 12.2 Å². The molecule has 0 fully saturated rings. The number of rotatable bonds is 5. The van der Waals surface area contributed by atoms with E-state index in [0.29, 0.717) is 11.6 Å². The van der Waals surface area contributed by atoms with Gasteiger partial charge < -0.3 is 10.1 Å². The van der Waals surface area contributed by atoms with Crippen molar-refractivity contribution in [1.29, 1.82) is 0 Å². The molecule has 0 saturated carbocycles. The van der Waals surface area contributed by atoms with E-state index in [2.05, 4.69) is 15.0 Å². The third-order valence-corrected chi connectivity index (χ3v) is 2.26. The van der Waals surface area contributed by atoms with Crippen LogP contribution in [0.5, 0.6) is 5.75 Å². The van der Waals surface area contributed by atoms with Crippen molar-refractivity contribution in [2.45, 2.75) is 25.7 Å². The van der Waals surface area contributed by atoms with Crippen LogP contribution in [-0.4, -0.2) is 24.4 Å². The summed E-state index contributed by atoms with van der Waals surface area (Å²) in [6.45, 7) is 2.01. The first kappa shape index (κ1) is 14.5. The standard InChI is InChI=1S/C12H15F3N2O/c1-9(16-2)4-3-5-10-6-11(8-17-7-10)18-12(13,14)15/h3,5-9,16H,4H2,1-2H3/b5-3+. The van der Waals surface area contributed by atoms with Crippen molar-refractivity contribution in [2.24, 2.45) is 0 Å². The summed E-state index contributed by atoms with van der Waals surface area (Å²) in [4.78, 5) is 3.69. The van der Waals surface area contributed by atoms with Crippen LogP contribution >= 0.6 is 0 Å². The van der Waals surface area contributed by atoms with Crippen LogP contribution in [0, 0.1) is 0 Å². The van der Waals surface area contributed by atoms with Crippen molar-refractivity contribution < 1.29 is 17.9 Å². The van der Waals surface area contributed by atoms with Gasteiger partial charge in [-0.2, -0.15) is 0 Å². The van der Waals surface area contributed by atoms with E-state index < -0.39 is 6.36 Å². The molecule has 0 radical (unpaired) electrons. The highest BCUT2D eigenvalue weighted by Crippen LogP contribution is 2.22. The molecule has 0 saturated heterocycles. The zero-order chi connectivity index (χ0) is 13.6. The van der Waals surface area contributed by atoms with Crippen LogP contribution in [0.2, 0.25) is 0 Å². The molecule has 1 atom stereocenters. The predicted molar refractivity (Wildman–Crippen MR) is 63.1 cm³/mol. The molecule has 1 N–H and O–H groups in total. The van der Waals surface area contributed by atoms with Crippen LogP contribution in [-0.2, 0) is 0 Å². The van der Waals surface area contributed by atoms with Gasteiger partial charge in [0.25, 0.3) is 0 Å². The van der Waals surface area contributed by atoms with Crippen molar-refractivity contribution in [3.05, 3.63) is 30.1 Å². The van der Waals surface area contributed by atoms with Crippen molar-refractivity contribution in [3.63, 3.8) is 0 Å². The highest BCUT2D eigenvalue weighted by molar-refractivity contribution is 5.49. The van der Waals surface area contributed by atoms with Gasteiger partial charge in [-0.05, 0) is 32.0 Å². The summed E-state index contributed by atoms with van der Waals surface area (Å²) in [7, 11) is 1.85. The second-order valence-corrected chi connectivity index (χ2v) is 3.83. The van der Waals surface area contributed by atoms with Crippen molar-refractivity contribution >= 4 is 6.08 Å². The minimum absolute atomic E-state index is 0.309. The van der Waals surface area contributed by atoms with Crippen LogP contribution in [0.4, 0.5) is 13.2 Å². The largest absolute Gasteiger partial charge is 0.573 e. The zero-order valence-electron chi connectivity index (χ0n) is 10.2. The molecule has 100 valence electrons. The Balaban J connectivity index is 2.65. The molecule has 1 aromatic rings. The molecule has 3 nitrogen and oxygen atoms in total. The van der Waals surface area contributed by atoms with Crippen LogP contribution in [0.1, 0.15) is 18.9 Å². The van der Waals surface area contributed by atoms with E-state index in [0.717, 1.165) is 12.6 Å². The molecular weight excluding hydrogens is 245 g/mol. The first-order valence-electron chi connectivity index (χ1n) is 5.45. The maximum atomic E-state index is 12.0. The summed E-state index contributed by atoms with van der Waals surface area (Å²) in [5, 5.41) is 3.05. The molecule has 1 aromatic heterocycles. The lowest BCUT2D eigenvalue weighted by atomic mass is 10.2. The van der Waals surface area contributed by atoms with Gasteiger partial charge >= 0.3 is 6.36 Å². The van der Waals surface area contributed by atoms with Gasteiger partial charge in [0.15, 0.2) is 0 Å². The molecule has 18 heavy (non-hydrogen) atoms. The molecule has 1 heterocycles. The molecule has 0 amide bonds. The van der Waals surface area contributed by atoms with Crippen molar-refractivity contribution in [2.75, 3.05) is 7.05 Å². The number of hydrogen-bond donors (Lipinski definition) is 1. The number of hydrogen-bond acceptors (Lipinski definition) is 3. The molecule has 0 aliphatic rings. The number of ether oxygens (including phenoxy) is 1. The number of aromatic nitrogens is 1. The normalized spacial score (nSPS) is 13.8. The fourth-order valence-corrected chi connectivity index (χ4v) is 1.24. The van der Waals surface area contributed by atoms with E-state index in [1.165, 1.54) is 12.3 Å². The fraction of sp³-hybridized carbons (Fsp3) is 0.417. The Hall–Kier alpha value is -1.56. The smallest absolute Gasteiger partial charge is 0.404 e. The van der Waals surface area contributed by atoms with Gasteiger partial charge in [-0.25, -0.2) is 0 Å². The SMILES string of the molecule is CNC(C)C/C=C/c1cncc(OC(F)(F)F)c1. The number of halogens is 3. The minimum Gasteiger partial charge on any atom is -0.404 e. The van der Waals surface area contributed by atoms with Crippen LogP contribution in [0.3, 0.4) is 0 Å². The maximum absolute atomic E-state index is 12.0. The van der Waals surface area contributed by atoms with E-state index in [9.17, 15) is 13.2 Å². The lowest BCUT2D eigenvalue weighted by molar-refractivity contribution is -0.274. The Morgan fingerprint density at radius 3 is 2.78 bits per heavy atom. The van der Waals surface area contributed by atoms with Gasteiger partial charge in [0, 0.05) is 12.2 Å². The van der Waals surface area contributed by atoms with Crippen molar-refractivity contribution in [1.82, 2.24) is 10.3 Å². The number of pyridine rings is 1. The van der Waals surface area contributed by atoms with E-state index in [1.54, 1.807) is 6.08 Å². The molecule has 1 rings (SSSR count). The van der Waals surface area contributed by atoms with Gasteiger partial charge in [0.05, 0.1) is 6.20 Å². The second kappa shape index (κ2) is 6.39. The number of nitrogens with one attached hydrogen (secondary N) is 1. The lowest BCUT2D eigenvalue weighted by Crippen LogP contribution is -2.19. The first-order chi connectivity index (χ1) is 8.40. The molecule has 1 unspecified atom stereocenters. The molecular formula is C12H15F3N2O. The summed E-state index contributed by atoms with van der Waals surface area (Å²) in [6, 6.07) is 1.60. The van der Waals surface area contributed by atoms with Gasteiger partial charge in [0.1, 0.15) is 5.75 Å². The fourth-order valence-electron chi connectivity index (χ4n) is 1.24. The first-order valence-corrected chi connectivity index (χ1v) is 5.45. The van der Waals surface area contributed by atoms with Crippen LogP contribution in [0.15, 0.2) is 24.5 Å². The monoisotopic (exact) mass is 260 g/mol. The van der Waals surface area contributed by atoms with Crippen LogP contribution < -0.4 is 10.1 Å². The van der Waals surface area contributed by atoms with Crippen molar-refractivity contribution in [3.8, 4) is 5.75 Å². The van der Waals surface area contributed by atoms with Gasteiger partial charge in [-0.15, -0.1) is 13.2 Å². The van der Waals surface area contributed by atoms with Gasteiger partial charge in [-0.3, -0.25) is 4.98 Å². The average molecular weight is 260 g/mol. The number of nitrogens with zero attached hydrogens (tertiary/aromatic N) is 1. The molecule has 6 heteroatoms. The summed E-state index contributed by atoms with van der Waals surface area (Å²) in [5.41, 5.74) is 0.569. The topological polar surface area (TPSA) is 34.2 Å². The quantitative estimate of drug-likeness (QED) is 0.883. The highest BCUT2D eigenvalue weighted by Gasteiger charge is 2.31. The molecule has 0 aliphatic heterocycles. The van der Waals surface area contributed by atoms with Crippen LogP contribution in [0.25, 0.3) is 6.08 Å². The summed E-state index contributed by atoms with van der Waals surface area (Å²) in [5.74, 6) is -0.314. The van der Waals surface area contributed by atoms with E-state index in [-0.39, 0.29) is 5.75 Å². The summed E-state index contributed by atoms with van der Waals surface area (Å²) >= 11 is 0. The maximum Gasteiger partial charge on any atom is 0.573 e. The Morgan fingerprint density at radius 1 is 1.44 bits per heavy atom. The molecule has 0 spiro atoms. The summed E-state index contributed by atoms with van der Waals surface area (Å²) in [6.07, 6.45) is 2.18. The average Bonchev–Trinajstić information content (AvgIpc) is 2.27. The minimum atomic E-state index is -4.69. The van der Waals surface area contributed by atoms with Gasteiger partial charge in [0.2, 0.25) is 0 Å². The second-order valence-electron chi connectivity index (χ2n) is 3.83. The Morgan fingerprint density at radius 2 is 2.17 bits per heavy atom. The molecule has 0 aliphatic carbocycles. The third kappa shape index (κ3) is 5.67. The summed E-state index contributed by atoms with van der Waals surface area (Å²) < 4.78 is 39.8. The Kier molecular flexibility index (Phi) is 5.15. The molecule has 0 aromatic carbocycles. The van der Waals surface area contributed by atoms with E-state index >= 15 is 0 Å². The Labute approximate surface area is 104 Å². The zero-order valence-corrected chi connectivity index (χ0v) is 10.2. The Bertz CT molecular complexity index is 405. The lowest BCUT2D eigenvalue weighted by Gasteiger charge is -2.08. The highest BCUT2D eigenvalue weighted by atomic mass is 19.4. The van der Waals surface area contributed by atoms with E-state index in [4.69, 9.17) is 0 Å². The number of alkyl halides is 3. The third-order valence-electron chi connectivity index (χ3n) is 2.26. The predicted octanol–water partition coefficient (Wildman–Crippen LogP) is 2.99. The molecule has 0 bridgehead atoms.